The van der Waals surface area contributed by atoms with Gasteiger partial charge in [-0.05, 0) is 12.1 Å². The largest absolute Gasteiger partial charge is 1.00 e. The molecule has 0 saturated heterocycles. The Morgan fingerprint density at radius 2 is 1.87 bits per heavy atom. The van der Waals surface area contributed by atoms with Crippen molar-refractivity contribution in [2.24, 2.45) is 0 Å². The van der Waals surface area contributed by atoms with E-state index in [0.29, 0.717) is 6.26 Å². The van der Waals surface area contributed by atoms with Crippen LogP contribution in [0.2, 0.25) is 0 Å². The summed E-state index contributed by atoms with van der Waals surface area (Å²) in [6, 6.07) is 7.74. The van der Waals surface area contributed by atoms with Crippen molar-refractivity contribution in [2.45, 2.75) is 0 Å². The predicted molar refractivity (Wildman–Crippen MR) is 49.6 cm³/mol. The summed E-state index contributed by atoms with van der Waals surface area (Å²) >= 11 is 0. The molecule has 1 aromatic heterocycles. The van der Waals surface area contributed by atoms with Crippen molar-refractivity contribution in [3.63, 3.8) is 0 Å². The van der Waals surface area contributed by atoms with E-state index >= 15 is 0 Å². The molecule has 0 radical (unpaired) electrons. The number of hydrogen-bond acceptors (Lipinski definition) is 5. The minimum Gasteiger partial charge on any atom is -0.748 e. The van der Waals surface area contributed by atoms with E-state index in [2.05, 4.69) is 5.16 Å². The maximum Gasteiger partial charge on any atom is 1.00 e. The topological polar surface area (TPSA) is 83.2 Å². The molecule has 0 aliphatic heterocycles. The Morgan fingerprint density at radius 1 is 1.33 bits per heavy atom. The van der Waals surface area contributed by atoms with Crippen LogP contribution < -0.4 is 29.6 Å². The maximum absolute atomic E-state index is 9.08. The average molecular weight is 237 g/mol. The van der Waals surface area contributed by atoms with Crippen molar-refractivity contribution >= 4 is 21.1 Å². The van der Waals surface area contributed by atoms with Gasteiger partial charge in [0.25, 0.3) is 0 Å². The molecule has 0 fully saturated rings. The van der Waals surface area contributed by atoms with Crippen molar-refractivity contribution in [3.05, 3.63) is 30.5 Å². The number of para-hydroxylation sites is 1. The molecule has 1 aromatic carbocycles. The molecular formula is C8H8NNaO4S. The number of hydrogen-bond donors (Lipinski definition) is 0. The Morgan fingerprint density at radius 3 is 2.40 bits per heavy atom. The number of benzene rings is 1. The number of rotatable bonds is 0. The van der Waals surface area contributed by atoms with Crippen LogP contribution in [0.1, 0.15) is 0 Å². The average Bonchev–Trinajstić information content (AvgIpc) is 2.47. The van der Waals surface area contributed by atoms with E-state index in [1.807, 2.05) is 24.3 Å². The summed E-state index contributed by atoms with van der Waals surface area (Å²) in [6.45, 7) is 0. The zero-order chi connectivity index (χ0) is 10.6. The van der Waals surface area contributed by atoms with E-state index in [1.165, 1.54) is 0 Å². The summed E-state index contributed by atoms with van der Waals surface area (Å²) in [5.74, 6) is 0. The summed E-state index contributed by atoms with van der Waals surface area (Å²) in [6.07, 6.45) is 2.31. The van der Waals surface area contributed by atoms with E-state index in [9.17, 15) is 0 Å². The van der Waals surface area contributed by atoms with E-state index in [0.717, 1.165) is 11.0 Å². The fourth-order valence-electron chi connectivity index (χ4n) is 0.810. The Balaban J connectivity index is 0.000000289. The molecule has 15 heavy (non-hydrogen) atoms. The van der Waals surface area contributed by atoms with Gasteiger partial charge in [-0.25, -0.2) is 8.42 Å². The van der Waals surface area contributed by atoms with Crippen molar-refractivity contribution < 1.29 is 47.1 Å². The number of fused-ring (bicyclic) bond motifs is 1. The minimum absolute atomic E-state index is 0. The van der Waals surface area contributed by atoms with Crippen molar-refractivity contribution in [1.29, 1.82) is 0 Å². The van der Waals surface area contributed by atoms with Gasteiger partial charge in [0.15, 0.2) is 5.58 Å². The molecule has 1 heterocycles. The molecule has 5 nitrogen and oxygen atoms in total. The van der Waals surface area contributed by atoms with Crippen LogP contribution in [0, 0.1) is 0 Å². The number of aromatic nitrogens is 1. The first-order valence-electron chi connectivity index (χ1n) is 3.67. The quantitative estimate of drug-likeness (QED) is 0.390. The first kappa shape index (κ1) is 14.6. The Labute approximate surface area is 109 Å². The summed E-state index contributed by atoms with van der Waals surface area (Å²) in [7, 11) is -3.92. The SMILES string of the molecule is CS(=O)(=O)[O-].[Na+].c1ccc2oncc2c1. The van der Waals surface area contributed by atoms with Gasteiger partial charge in [-0.3, -0.25) is 0 Å². The standard InChI is InChI=1S/C7H5NO.CH4O3S.Na/c1-2-4-7-6(3-1)5-8-9-7;1-5(2,3)4;/h1-5H;1H3,(H,2,3,4);/q;;+1/p-1. The molecule has 76 valence electrons. The molecule has 0 aliphatic carbocycles. The summed E-state index contributed by atoms with van der Waals surface area (Å²) in [4.78, 5) is 0. The maximum atomic E-state index is 9.08. The Kier molecular flexibility index (Phi) is 6.07. The monoisotopic (exact) mass is 237 g/mol. The Hall–Kier alpha value is -0.400. The molecule has 2 rings (SSSR count). The molecule has 0 N–H and O–H groups in total. The Bertz CT molecular complexity index is 470. The van der Waals surface area contributed by atoms with Crippen LogP contribution >= 0.6 is 0 Å². The van der Waals surface area contributed by atoms with Crippen molar-refractivity contribution in [2.75, 3.05) is 6.26 Å². The van der Waals surface area contributed by atoms with Gasteiger partial charge in [0, 0.05) is 11.6 Å². The molecule has 0 aliphatic rings. The molecule has 0 amide bonds. The van der Waals surface area contributed by atoms with Crippen molar-refractivity contribution in [3.8, 4) is 0 Å². The van der Waals surface area contributed by atoms with Gasteiger partial charge in [-0.2, -0.15) is 0 Å². The van der Waals surface area contributed by atoms with Crippen LogP contribution in [0.3, 0.4) is 0 Å². The number of nitrogens with zero attached hydrogens (tertiary/aromatic N) is 1. The van der Waals surface area contributed by atoms with Gasteiger partial charge >= 0.3 is 29.6 Å². The van der Waals surface area contributed by atoms with Crippen LogP contribution in [0.4, 0.5) is 0 Å². The second-order valence-electron chi connectivity index (χ2n) is 2.57. The molecule has 0 saturated carbocycles. The van der Waals surface area contributed by atoms with Crippen molar-refractivity contribution in [1.82, 2.24) is 5.16 Å². The first-order valence-corrected chi connectivity index (χ1v) is 5.49. The molecule has 0 spiro atoms. The zero-order valence-corrected chi connectivity index (χ0v) is 11.2. The smallest absolute Gasteiger partial charge is 0.748 e. The molecule has 0 bridgehead atoms. The van der Waals surface area contributed by atoms with E-state index in [1.54, 1.807) is 6.20 Å². The molecule has 7 heteroatoms. The zero-order valence-electron chi connectivity index (χ0n) is 8.38. The van der Waals surface area contributed by atoms with Gasteiger partial charge in [0.1, 0.15) is 0 Å². The fraction of sp³-hybridized carbons (Fsp3) is 0.125. The summed E-state index contributed by atoms with van der Waals surface area (Å²) < 4.78 is 32.1. The third-order valence-corrected chi connectivity index (χ3v) is 1.26. The second-order valence-corrected chi connectivity index (χ2v) is 3.98. The summed E-state index contributed by atoms with van der Waals surface area (Å²) in [5, 5.41) is 4.68. The van der Waals surface area contributed by atoms with E-state index < -0.39 is 10.1 Å². The molecular weight excluding hydrogens is 229 g/mol. The van der Waals surface area contributed by atoms with Crippen LogP contribution in [-0.4, -0.2) is 24.4 Å². The third-order valence-electron chi connectivity index (χ3n) is 1.26. The van der Waals surface area contributed by atoms with Crippen LogP contribution in [-0.2, 0) is 10.1 Å². The summed E-state index contributed by atoms with van der Waals surface area (Å²) in [5.41, 5.74) is 0.845. The van der Waals surface area contributed by atoms with Gasteiger partial charge in [0.05, 0.1) is 16.3 Å². The normalized spacial score (nSPS) is 10.0. The van der Waals surface area contributed by atoms with Gasteiger partial charge in [0.2, 0.25) is 0 Å². The van der Waals surface area contributed by atoms with Gasteiger partial charge in [-0.15, -0.1) is 0 Å². The van der Waals surface area contributed by atoms with Crippen LogP contribution in [0.25, 0.3) is 11.0 Å². The second kappa shape index (κ2) is 6.24. The van der Waals surface area contributed by atoms with Crippen LogP contribution in [0.5, 0.6) is 0 Å². The third kappa shape index (κ3) is 6.64. The molecule has 0 atom stereocenters. The van der Waals surface area contributed by atoms with Gasteiger partial charge < -0.3 is 9.08 Å². The molecule has 2 aromatic rings. The fourth-order valence-corrected chi connectivity index (χ4v) is 0.810. The molecule has 0 unspecified atom stereocenters. The van der Waals surface area contributed by atoms with E-state index in [-0.39, 0.29) is 29.6 Å². The van der Waals surface area contributed by atoms with E-state index in [4.69, 9.17) is 17.5 Å². The predicted octanol–water partition coefficient (Wildman–Crippen LogP) is -2.01. The van der Waals surface area contributed by atoms with Gasteiger partial charge in [-0.1, -0.05) is 17.3 Å². The van der Waals surface area contributed by atoms with Crippen LogP contribution in [0.15, 0.2) is 35.0 Å². The first-order chi connectivity index (χ1) is 6.47. The minimum atomic E-state index is -3.92.